The van der Waals surface area contributed by atoms with Crippen molar-refractivity contribution >= 4 is 23.8 Å². The second-order valence-electron chi connectivity index (χ2n) is 5.08. The SMILES string of the molecule is CCOC(=O)CN(CC(=O)OCC)C(=O)[C@H](O)[C@@H](O)[C@H](O)[C@H](O)C(N)=O. The molecule has 0 saturated heterocycles. The molecule has 0 aromatic heterocycles. The Labute approximate surface area is 149 Å². The average molecular weight is 380 g/mol. The molecule has 0 aromatic rings. The van der Waals surface area contributed by atoms with Gasteiger partial charge < -0.3 is 40.5 Å². The molecule has 0 rings (SSSR count). The molecule has 0 spiro atoms. The van der Waals surface area contributed by atoms with E-state index < -0.39 is 61.3 Å². The van der Waals surface area contributed by atoms with Gasteiger partial charge in [-0.05, 0) is 13.8 Å². The first kappa shape index (κ1) is 23.7. The molecule has 2 amide bonds. The summed E-state index contributed by atoms with van der Waals surface area (Å²) in [4.78, 5) is 46.7. The zero-order valence-electron chi connectivity index (χ0n) is 14.4. The number of rotatable bonds is 11. The second-order valence-corrected chi connectivity index (χ2v) is 5.08. The molecular weight excluding hydrogens is 356 g/mol. The molecule has 0 fully saturated rings. The number of ether oxygens (including phenoxy) is 2. The summed E-state index contributed by atoms with van der Waals surface area (Å²) >= 11 is 0. The number of nitrogens with two attached hydrogens (primary N) is 1. The highest BCUT2D eigenvalue weighted by molar-refractivity contribution is 5.89. The van der Waals surface area contributed by atoms with E-state index in [9.17, 15) is 39.6 Å². The summed E-state index contributed by atoms with van der Waals surface area (Å²) in [7, 11) is 0. The Hall–Kier alpha value is -2.28. The van der Waals surface area contributed by atoms with Crippen molar-refractivity contribution < 1.29 is 49.1 Å². The summed E-state index contributed by atoms with van der Waals surface area (Å²) in [6.45, 7) is 1.52. The molecule has 0 saturated carbocycles. The van der Waals surface area contributed by atoms with Crippen LogP contribution < -0.4 is 5.73 Å². The first-order chi connectivity index (χ1) is 12.1. The van der Waals surface area contributed by atoms with Gasteiger partial charge >= 0.3 is 11.9 Å². The Bertz CT molecular complexity index is 492. The number of amides is 2. The molecule has 0 heterocycles. The molecule has 0 aliphatic heterocycles. The molecule has 0 aromatic carbocycles. The quantitative estimate of drug-likeness (QED) is 0.219. The van der Waals surface area contributed by atoms with Crippen molar-refractivity contribution in [1.82, 2.24) is 4.90 Å². The smallest absolute Gasteiger partial charge is 0.325 e. The topological polar surface area (TPSA) is 197 Å². The van der Waals surface area contributed by atoms with Gasteiger partial charge in [-0.15, -0.1) is 0 Å². The van der Waals surface area contributed by atoms with Crippen LogP contribution in [0.4, 0.5) is 0 Å². The van der Waals surface area contributed by atoms with Gasteiger partial charge in [0.2, 0.25) is 5.91 Å². The minimum atomic E-state index is -2.37. The number of primary amides is 1. The fourth-order valence-corrected chi connectivity index (χ4v) is 1.81. The Balaban J connectivity index is 5.24. The monoisotopic (exact) mass is 380 g/mol. The fourth-order valence-electron chi connectivity index (χ4n) is 1.81. The number of esters is 2. The van der Waals surface area contributed by atoms with E-state index >= 15 is 0 Å². The summed E-state index contributed by atoms with van der Waals surface area (Å²) < 4.78 is 9.28. The Morgan fingerprint density at radius 1 is 0.846 bits per heavy atom. The number of hydrogen-bond acceptors (Lipinski definition) is 10. The first-order valence-corrected chi connectivity index (χ1v) is 7.68. The van der Waals surface area contributed by atoms with Gasteiger partial charge in [-0.3, -0.25) is 19.2 Å². The van der Waals surface area contributed by atoms with Crippen LogP contribution in [-0.4, -0.2) is 99.8 Å². The van der Waals surface area contributed by atoms with Crippen molar-refractivity contribution in [3.8, 4) is 0 Å². The molecule has 0 bridgehead atoms. The van der Waals surface area contributed by atoms with Crippen molar-refractivity contribution in [3.63, 3.8) is 0 Å². The number of carbonyl (C=O) groups excluding carboxylic acids is 4. The van der Waals surface area contributed by atoms with Crippen LogP contribution in [0.25, 0.3) is 0 Å². The van der Waals surface area contributed by atoms with Crippen LogP contribution in [-0.2, 0) is 28.7 Å². The molecule has 0 radical (unpaired) electrons. The van der Waals surface area contributed by atoms with Crippen molar-refractivity contribution in [2.75, 3.05) is 26.3 Å². The minimum absolute atomic E-state index is 0.00499. The van der Waals surface area contributed by atoms with Crippen molar-refractivity contribution in [1.29, 1.82) is 0 Å². The standard InChI is InChI=1S/C14H24N2O10/c1-3-25-7(17)5-16(6-8(18)26-4-2)14(24)12(22)10(20)9(19)11(21)13(15)23/h9-12,19-22H,3-6H2,1-2H3,(H2,15,23)/t9-,10-,11-,12+/m0/s1. The zero-order valence-corrected chi connectivity index (χ0v) is 14.4. The molecular formula is C14H24N2O10. The average Bonchev–Trinajstić information content (AvgIpc) is 2.58. The predicted octanol–water partition coefficient (Wildman–Crippen LogP) is -4.13. The van der Waals surface area contributed by atoms with E-state index in [4.69, 9.17) is 5.73 Å². The molecule has 6 N–H and O–H groups in total. The van der Waals surface area contributed by atoms with E-state index in [1.165, 1.54) is 13.8 Å². The van der Waals surface area contributed by atoms with Gasteiger partial charge in [0.15, 0.2) is 12.2 Å². The Morgan fingerprint density at radius 2 is 1.23 bits per heavy atom. The second kappa shape index (κ2) is 11.4. The highest BCUT2D eigenvalue weighted by Gasteiger charge is 2.39. The third kappa shape index (κ3) is 7.31. The summed E-state index contributed by atoms with van der Waals surface area (Å²) in [6.07, 6.45) is -9.23. The molecule has 4 atom stereocenters. The molecule has 0 aliphatic carbocycles. The molecule has 0 unspecified atom stereocenters. The predicted molar refractivity (Wildman–Crippen MR) is 83.1 cm³/mol. The van der Waals surface area contributed by atoms with Crippen molar-refractivity contribution in [2.45, 2.75) is 38.3 Å². The van der Waals surface area contributed by atoms with E-state index in [0.29, 0.717) is 4.90 Å². The minimum Gasteiger partial charge on any atom is -0.465 e. The lowest BCUT2D eigenvalue weighted by Gasteiger charge is -2.28. The van der Waals surface area contributed by atoms with Crippen LogP contribution in [0, 0.1) is 0 Å². The Kier molecular flexibility index (Phi) is 10.4. The van der Waals surface area contributed by atoms with Gasteiger partial charge in [-0.1, -0.05) is 0 Å². The van der Waals surface area contributed by atoms with Crippen LogP contribution in [0.15, 0.2) is 0 Å². The lowest BCUT2D eigenvalue weighted by atomic mass is 10.0. The normalized spacial score (nSPS) is 15.3. The number of nitrogens with zero attached hydrogens (tertiary/aromatic N) is 1. The summed E-state index contributed by atoms with van der Waals surface area (Å²) in [5.74, 6) is -4.53. The lowest BCUT2D eigenvalue weighted by molar-refractivity contribution is -0.166. The van der Waals surface area contributed by atoms with Gasteiger partial charge in [0.25, 0.3) is 5.91 Å². The van der Waals surface area contributed by atoms with Crippen LogP contribution in [0.2, 0.25) is 0 Å². The van der Waals surface area contributed by atoms with Crippen LogP contribution in [0.1, 0.15) is 13.8 Å². The molecule has 12 heteroatoms. The van der Waals surface area contributed by atoms with E-state index in [0.717, 1.165) is 0 Å². The van der Waals surface area contributed by atoms with Crippen molar-refractivity contribution in [2.24, 2.45) is 5.73 Å². The van der Waals surface area contributed by atoms with E-state index in [2.05, 4.69) is 9.47 Å². The summed E-state index contributed by atoms with van der Waals surface area (Å²) in [5.41, 5.74) is 4.75. The van der Waals surface area contributed by atoms with Gasteiger partial charge in [0, 0.05) is 0 Å². The van der Waals surface area contributed by atoms with E-state index in [1.54, 1.807) is 0 Å². The van der Waals surface area contributed by atoms with Gasteiger partial charge in [-0.25, -0.2) is 0 Å². The van der Waals surface area contributed by atoms with Gasteiger partial charge in [-0.2, -0.15) is 0 Å². The van der Waals surface area contributed by atoms with Gasteiger partial charge in [0.1, 0.15) is 25.3 Å². The molecule has 26 heavy (non-hydrogen) atoms. The van der Waals surface area contributed by atoms with Crippen LogP contribution >= 0.6 is 0 Å². The number of carbonyl (C=O) groups is 4. The molecule has 12 nitrogen and oxygen atoms in total. The van der Waals surface area contributed by atoms with Crippen LogP contribution in [0.3, 0.4) is 0 Å². The number of aliphatic hydroxyl groups is 4. The maximum absolute atomic E-state index is 12.3. The third-order valence-electron chi connectivity index (χ3n) is 3.10. The molecule has 150 valence electrons. The fraction of sp³-hybridized carbons (Fsp3) is 0.714. The molecule has 0 aliphatic rings. The lowest BCUT2D eigenvalue weighted by Crippen LogP contribution is -2.55. The first-order valence-electron chi connectivity index (χ1n) is 7.68. The summed E-state index contributed by atoms with van der Waals surface area (Å²) in [5, 5.41) is 38.5. The van der Waals surface area contributed by atoms with E-state index in [1.807, 2.05) is 0 Å². The third-order valence-corrected chi connectivity index (χ3v) is 3.10. The van der Waals surface area contributed by atoms with E-state index in [-0.39, 0.29) is 13.2 Å². The van der Waals surface area contributed by atoms with Crippen molar-refractivity contribution in [3.05, 3.63) is 0 Å². The highest BCUT2D eigenvalue weighted by Crippen LogP contribution is 2.09. The van der Waals surface area contributed by atoms with Crippen LogP contribution in [0.5, 0.6) is 0 Å². The number of hydrogen-bond donors (Lipinski definition) is 5. The largest absolute Gasteiger partial charge is 0.465 e. The maximum atomic E-state index is 12.3. The zero-order chi connectivity index (χ0) is 20.4. The highest BCUT2D eigenvalue weighted by atomic mass is 16.5. The Morgan fingerprint density at radius 3 is 1.58 bits per heavy atom. The maximum Gasteiger partial charge on any atom is 0.325 e. The van der Waals surface area contributed by atoms with Gasteiger partial charge in [0.05, 0.1) is 13.2 Å². The number of aliphatic hydroxyl groups excluding tert-OH is 4. The summed E-state index contributed by atoms with van der Waals surface area (Å²) in [6, 6.07) is 0.